The molecule has 31 heavy (non-hydrogen) atoms. The number of nitrogens with zero attached hydrogens (tertiary/aromatic N) is 1. The highest BCUT2D eigenvalue weighted by molar-refractivity contribution is 7.85. The van der Waals surface area contributed by atoms with E-state index in [1.54, 1.807) is 13.0 Å². The van der Waals surface area contributed by atoms with Gasteiger partial charge >= 0.3 is 0 Å². The molecule has 0 saturated heterocycles. The lowest BCUT2D eigenvalue weighted by molar-refractivity contribution is 0.0623. The van der Waals surface area contributed by atoms with Crippen molar-refractivity contribution in [2.45, 2.75) is 57.1 Å². The van der Waals surface area contributed by atoms with Gasteiger partial charge in [-0.3, -0.25) is 0 Å². The minimum absolute atomic E-state index is 0.00724. The highest BCUT2D eigenvalue weighted by atomic mass is 32.2. The van der Waals surface area contributed by atoms with Gasteiger partial charge in [-0.25, -0.2) is 13.0 Å². The summed E-state index contributed by atoms with van der Waals surface area (Å²) in [4.78, 5) is 1.19. The van der Waals surface area contributed by atoms with Crippen LogP contribution in [-0.2, 0) is 11.0 Å². The Balaban J connectivity index is 0.00000166. The maximum absolute atomic E-state index is 14.8. The molecule has 1 aromatic carbocycles. The molecule has 0 radical (unpaired) electrons. The first-order valence-corrected chi connectivity index (χ1v) is 11.3. The number of benzene rings is 1. The topological polar surface area (TPSA) is 105 Å². The molecule has 0 spiro atoms. The lowest BCUT2D eigenvalue weighted by Crippen LogP contribution is -2.39. The Bertz CT molecular complexity index is 874. The smallest absolute Gasteiger partial charge is 0.181 e. The first-order valence-electron chi connectivity index (χ1n) is 10.2. The summed E-state index contributed by atoms with van der Waals surface area (Å²) in [6.45, 7) is 5.28. The molecule has 1 aliphatic heterocycles. The molecule has 174 valence electrons. The molecule has 1 fully saturated rings. The average molecular weight is 460 g/mol. The maximum Gasteiger partial charge on any atom is 0.181 e. The highest BCUT2D eigenvalue weighted by Crippen LogP contribution is 2.45. The maximum atomic E-state index is 14.8. The second kappa shape index (κ2) is 10.5. The van der Waals surface area contributed by atoms with E-state index in [1.165, 1.54) is 30.3 Å². The number of hydrogen-bond donors (Lipinski definition) is 5. The molecule has 0 aromatic heterocycles. The molecule has 3 atom stereocenters. The third-order valence-corrected chi connectivity index (χ3v) is 6.83. The van der Waals surface area contributed by atoms with Crippen LogP contribution >= 0.6 is 0 Å². The third-order valence-electron chi connectivity index (χ3n) is 5.06. The average Bonchev–Trinajstić information content (AvgIpc) is 3.52. The van der Waals surface area contributed by atoms with Gasteiger partial charge < -0.3 is 30.3 Å². The van der Waals surface area contributed by atoms with E-state index in [0.29, 0.717) is 18.4 Å². The molecule has 5 N–H and O–H groups in total. The standard InChI is InChI=1S/C19H25F2N3O4S.C2H6/c1-11-3-4-14(13(20)7-11)22-17-15(9-24(2)18(27)16(17)21)23-29(28)19(5-6-19)8-12(26)10-25;1-2/h3-4,7,9,12,18,22-23,25-27H,5-6,8,10H2,1-2H3;1-2H3. The van der Waals surface area contributed by atoms with Crippen LogP contribution in [0.1, 0.15) is 38.7 Å². The van der Waals surface area contributed by atoms with Gasteiger partial charge in [0.2, 0.25) is 0 Å². The zero-order valence-electron chi connectivity index (χ0n) is 18.2. The summed E-state index contributed by atoms with van der Waals surface area (Å²) in [5, 5.41) is 31.5. The van der Waals surface area contributed by atoms with E-state index in [0.717, 1.165) is 0 Å². The Labute approximate surface area is 184 Å². The van der Waals surface area contributed by atoms with E-state index in [9.17, 15) is 23.2 Å². The molecular weight excluding hydrogens is 428 g/mol. The predicted octanol–water partition coefficient (Wildman–Crippen LogP) is 2.39. The fraction of sp³-hybridized carbons (Fsp3) is 0.524. The summed E-state index contributed by atoms with van der Waals surface area (Å²) in [5.41, 5.74) is 0.565. The van der Waals surface area contributed by atoms with Gasteiger partial charge in [0.05, 0.1) is 28.8 Å². The molecule has 1 aliphatic carbocycles. The molecule has 0 bridgehead atoms. The van der Waals surface area contributed by atoms with Gasteiger partial charge in [-0.15, -0.1) is 0 Å². The second-order valence-corrected chi connectivity index (χ2v) is 9.12. The van der Waals surface area contributed by atoms with Gasteiger partial charge in [-0.1, -0.05) is 19.9 Å². The van der Waals surface area contributed by atoms with Gasteiger partial charge in [0.15, 0.2) is 12.1 Å². The lowest BCUT2D eigenvalue weighted by atomic mass is 10.1. The van der Waals surface area contributed by atoms with Crippen molar-refractivity contribution in [3.05, 3.63) is 53.0 Å². The number of halogens is 2. The molecular formula is C21H31F2N3O4S. The van der Waals surface area contributed by atoms with E-state index < -0.39 is 46.3 Å². The SMILES string of the molecule is CC.Cc1ccc(NC2=C(F)C(O)N(C)C=C2NS(=O)C2(CC(O)CO)CC2)c(F)c1. The van der Waals surface area contributed by atoms with Crippen molar-refractivity contribution >= 4 is 16.7 Å². The highest BCUT2D eigenvalue weighted by Gasteiger charge is 2.50. The predicted molar refractivity (Wildman–Crippen MR) is 117 cm³/mol. The number of aliphatic hydroxyl groups is 3. The normalized spacial score (nSPS) is 21.5. The second-order valence-electron chi connectivity index (χ2n) is 7.51. The molecule has 7 nitrogen and oxygen atoms in total. The largest absolute Gasteiger partial charge is 0.394 e. The van der Waals surface area contributed by atoms with Crippen LogP contribution in [0.3, 0.4) is 0 Å². The van der Waals surface area contributed by atoms with Crippen LogP contribution in [0.5, 0.6) is 0 Å². The van der Waals surface area contributed by atoms with E-state index in [-0.39, 0.29) is 23.5 Å². The molecule has 1 saturated carbocycles. The Morgan fingerprint density at radius 1 is 1.32 bits per heavy atom. The van der Waals surface area contributed by atoms with Crippen LogP contribution in [0.15, 0.2) is 41.6 Å². The van der Waals surface area contributed by atoms with Crippen LogP contribution < -0.4 is 10.0 Å². The fourth-order valence-electron chi connectivity index (χ4n) is 3.14. The molecule has 0 amide bonds. The lowest BCUT2D eigenvalue weighted by Gasteiger charge is -2.31. The van der Waals surface area contributed by atoms with Crippen molar-refractivity contribution in [1.82, 2.24) is 9.62 Å². The van der Waals surface area contributed by atoms with Crippen LogP contribution in [0.4, 0.5) is 14.5 Å². The van der Waals surface area contributed by atoms with Gasteiger partial charge in [-0.05, 0) is 43.9 Å². The summed E-state index contributed by atoms with van der Waals surface area (Å²) in [6.07, 6.45) is 0.0962. The van der Waals surface area contributed by atoms with Gasteiger partial charge in [0.25, 0.3) is 0 Å². The summed E-state index contributed by atoms with van der Waals surface area (Å²) >= 11 is 0. The summed E-state index contributed by atoms with van der Waals surface area (Å²) < 4.78 is 44.0. The molecule has 1 aromatic rings. The number of hydrogen-bond acceptors (Lipinski definition) is 6. The van der Waals surface area contributed by atoms with Gasteiger partial charge in [0, 0.05) is 13.2 Å². The molecule has 2 aliphatic rings. The number of rotatable bonds is 8. The Kier molecular flexibility index (Phi) is 8.58. The molecule has 10 heteroatoms. The quantitative estimate of drug-likeness (QED) is 0.409. The number of aliphatic hydroxyl groups excluding tert-OH is 3. The van der Waals surface area contributed by atoms with Gasteiger partial charge in [0.1, 0.15) is 22.5 Å². The van der Waals surface area contributed by atoms with E-state index in [4.69, 9.17) is 5.11 Å². The Morgan fingerprint density at radius 2 is 1.97 bits per heavy atom. The van der Waals surface area contributed by atoms with Crippen molar-refractivity contribution < 1.29 is 28.3 Å². The van der Waals surface area contributed by atoms with Crippen LogP contribution in [0.2, 0.25) is 0 Å². The third kappa shape index (κ3) is 5.82. The summed E-state index contributed by atoms with van der Waals surface area (Å²) in [5.74, 6) is -1.54. The minimum atomic E-state index is -1.70. The summed E-state index contributed by atoms with van der Waals surface area (Å²) in [7, 11) is -0.255. The van der Waals surface area contributed by atoms with Crippen molar-refractivity contribution in [2.75, 3.05) is 19.0 Å². The zero-order chi connectivity index (χ0) is 23.3. The minimum Gasteiger partial charge on any atom is -0.394 e. The molecule has 3 rings (SSSR count). The van der Waals surface area contributed by atoms with E-state index >= 15 is 0 Å². The van der Waals surface area contributed by atoms with Gasteiger partial charge in [-0.2, -0.15) is 0 Å². The van der Waals surface area contributed by atoms with Crippen molar-refractivity contribution in [3.63, 3.8) is 0 Å². The number of likely N-dealkylation sites (N-methyl/N-ethyl adjacent to an activating group) is 1. The molecule has 1 heterocycles. The van der Waals surface area contributed by atoms with Crippen LogP contribution in [0.25, 0.3) is 0 Å². The number of aryl methyl sites for hydroxylation is 1. The first kappa shape index (κ1) is 25.3. The number of nitrogens with one attached hydrogen (secondary N) is 2. The summed E-state index contributed by atoms with van der Waals surface area (Å²) in [6, 6.07) is 4.39. The monoisotopic (exact) mass is 459 g/mol. The Morgan fingerprint density at radius 3 is 2.52 bits per heavy atom. The van der Waals surface area contributed by atoms with Crippen LogP contribution in [-0.4, -0.2) is 55.2 Å². The molecule has 3 unspecified atom stereocenters. The first-order chi connectivity index (χ1) is 14.7. The van der Waals surface area contributed by atoms with Crippen molar-refractivity contribution in [1.29, 1.82) is 0 Å². The van der Waals surface area contributed by atoms with Crippen molar-refractivity contribution in [2.24, 2.45) is 0 Å². The van der Waals surface area contributed by atoms with E-state index in [2.05, 4.69) is 10.0 Å². The van der Waals surface area contributed by atoms with Crippen molar-refractivity contribution in [3.8, 4) is 0 Å². The van der Waals surface area contributed by atoms with Crippen LogP contribution in [0, 0.1) is 12.7 Å². The van der Waals surface area contributed by atoms with E-state index in [1.807, 2.05) is 13.8 Å². The Hall–Kier alpha value is -2.01. The fourth-order valence-corrected chi connectivity index (χ4v) is 4.53. The number of anilines is 1. The zero-order valence-corrected chi connectivity index (χ0v) is 19.0.